The van der Waals surface area contributed by atoms with Crippen molar-refractivity contribution in [2.45, 2.75) is 20.3 Å². The summed E-state index contributed by atoms with van der Waals surface area (Å²) < 4.78 is 0. The number of benzene rings is 1. The fourth-order valence-corrected chi connectivity index (χ4v) is 2.03. The number of aryl methyl sites for hydroxylation is 1. The van der Waals surface area contributed by atoms with Crippen molar-refractivity contribution < 1.29 is 14.5 Å². The van der Waals surface area contributed by atoms with Gasteiger partial charge in [0.05, 0.1) is 22.6 Å². The lowest BCUT2D eigenvalue weighted by molar-refractivity contribution is -0.384. The summed E-state index contributed by atoms with van der Waals surface area (Å²) in [5.74, 6) is -0.835. The molecule has 2 N–H and O–H groups in total. The van der Waals surface area contributed by atoms with Crippen LogP contribution in [0.4, 0.5) is 11.4 Å². The number of amides is 2. The first-order valence-corrected chi connectivity index (χ1v) is 7.65. The summed E-state index contributed by atoms with van der Waals surface area (Å²) in [6.45, 7) is 3.32. The average molecular weight is 355 g/mol. The number of nitrogens with one attached hydrogen (secondary N) is 2. The van der Waals surface area contributed by atoms with Gasteiger partial charge in [-0.2, -0.15) is 5.10 Å². The standard InChI is InChI=1S/C17H17N5O4/c1-11-5-6-14(22(25)26)9-15(11)19-16(23)8-12(2)20-21-17(24)13-4-3-7-18-10-13/h3-7,9-10H,8H2,1-2H3,(H,19,23)(H,21,24)/b20-12+. The molecule has 1 heterocycles. The molecule has 9 heteroatoms. The van der Waals surface area contributed by atoms with Crippen molar-refractivity contribution in [2.24, 2.45) is 5.10 Å². The predicted molar refractivity (Wildman–Crippen MR) is 95.9 cm³/mol. The van der Waals surface area contributed by atoms with Gasteiger partial charge in [-0.3, -0.25) is 24.7 Å². The van der Waals surface area contributed by atoms with Crippen LogP contribution >= 0.6 is 0 Å². The second kappa shape index (κ2) is 8.47. The number of carbonyl (C=O) groups excluding carboxylic acids is 2. The second-order valence-corrected chi connectivity index (χ2v) is 5.51. The van der Waals surface area contributed by atoms with Gasteiger partial charge < -0.3 is 5.32 Å². The summed E-state index contributed by atoms with van der Waals surface area (Å²) >= 11 is 0. The lowest BCUT2D eigenvalue weighted by Crippen LogP contribution is -2.21. The summed E-state index contributed by atoms with van der Waals surface area (Å²) in [5.41, 5.74) is 4.01. The van der Waals surface area contributed by atoms with E-state index in [1.165, 1.54) is 18.3 Å². The zero-order valence-electron chi connectivity index (χ0n) is 14.2. The van der Waals surface area contributed by atoms with Gasteiger partial charge in [-0.1, -0.05) is 6.07 Å². The first-order chi connectivity index (χ1) is 12.4. The number of non-ortho nitro benzene ring substituents is 1. The Kier molecular flexibility index (Phi) is 6.10. The Labute approximate surface area is 149 Å². The Hall–Kier alpha value is -3.62. The summed E-state index contributed by atoms with van der Waals surface area (Å²) in [5, 5.41) is 17.3. The van der Waals surface area contributed by atoms with Crippen LogP contribution in [0, 0.1) is 17.0 Å². The third kappa shape index (κ3) is 5.20. The third-order valence-corrected chi connectivity index (χ3v) is 3.39. The van der Waals surface area contributed by atoms with Crippen molar-refractivity contribution in [3.8, 4) is 0 Å². The van der Waals surface area contributed by atoms with Crippen LogP contribution in [0.25, 0.3) is 0 Å². The predicted octanol–water partition coefficient (Wildman–Crippen LogP) is 2.43. The Morgan fingerprint density at radius 2 is 2.08 bits per heavy atom. The highest BCUT2D eigenvalue weighted by Crippen LogP contribution is 2.21. The summed E-state index contributed by atoms with van der Waals surface area (Å²) in [7, 11) is 0. The molecule has 0 unspecified atom stereocenters. The third-order valence-electron chi connectivity index (χ3n) is 3.39. The molecule has 0 aliphatic rings. The molecule has 2 amide bonds. The van der Waals surface area contributed by atoms with Crippen LogP contribution in [-0.4, -0.2) is 27.4 Å². The van der Waals surface area contributed by atoms with Crippen LogP contribution in [0.3, 0.4) is 0 Å². The minimum atomic E-state index is -0.532. The van der Waals surface area contributed by atoms with Crippen LogP contribution in [0.1, 0.15) is 29.3 Å². The zero-order valence-corrected chi connectivity index (χ0v) is 14.2. The first kappa shape index (κ1) is 18.7. The van der Waals surface area contributed by atoms with Crippen LogP contribution in [0.5, 0.6) is 0 Å². The van der Waals surface area contributed by atoms with E-state index < -0.39 is 16.7 Å². The van der Waals surface area contributed by atoms with Crippen molar-refractivity contribution in [1.29, 1.82) is 0 Å². The van der Waals surface area contributed by atoms with Gasteiger partial charge in [0, 0.05) is 30.2 Å². The highest BCUT2D eigenvalue weighted by molar-refractivity contribution is 6.06. The number of nitro groups is 1. The molecule has 0 aliphatic heterocycles. The number of aromatic nitrogens is 1. The maximum atomic E-state index is 12.1. The number of rotatable bonds is 6. The number of anilines is 1. The number of pyridine rings is 1. The maximum Gasteiger partial charge on any atom is 0.272 e. The SMILES string of the molecule is C/C(CC(=O)Nc1cc([N+](=O)[O-])ccc1C)=N\NC(=O)c1cccnc1. The van der Waals surface area contributed by atoms with Gasteiger partial charge in [-0.05, 0) is 31.5 Å². The van der Waals surface area contributed by atoms with Crippen molar-refractivity contribution in [1.82, 2.24) is 10.4 Å². The second-order valence-electron chi connectivity index (χ2n) is 5.51. The topological polar surface area (TPSA) is 127 Å². The molecule has 0 bridgehead atoms. The number of hydrazone groups is 1. The number of hydrogen-bond acceptors (Lipinski definition) is 6. The number of nitrogens with zero attached hydrogens (tertiary/aromatic N) is 3. The molecule has 0 spiro atoms. The van der Waals surface area contributed by atoms with Gasteiger partial charge in [0.25, 0.3) is 11.6 Å². The van der Waals surface area contributed by atoms with Gasteiger partial charge >= 0.3 is 0 Å². The fraction of sp³-hybridized carbons (Fsp3) is 0.176. The lowest BCUT2D eigenvalue weighted by atomic mass is 10.1. The molecule has 0 atom stereocenters. The van der Waals surface area contributed by atoms with E-state index in [0.29, 0.717) is 22.5 Å². The van der Waals surface area contributed by atoms with Crippen LogP contribution in [0.2, 0.25) is 0 Å². The number of carbonyl (C=O) groups is 2. The first-order valence-electron chi connectivity index (χ1n) is 7.65. The van der Waals surface area contributed by atoms with Crippen LogP contribution in [0.15, 0.2) is 47.8 Å². The fourth-order valence-electron chi connectivity index (χ4n) is 2.03. The van der Waals surface area contributed by atoms with Crippen molar-refractivity contribution in [2.75, 3.05) is 5.32 Å². The largest absolute Gasteiger partial charge is 0.325 e. The van der Waals surface area contributed by atoms with Gasteiger partial charge in [0.2, 0.25) is 5.91 Å². The minimum Gasteiger partial charge on any atom is -0.325 e. The molecule has 0 radical (unpaired) electrons. The molecule has 0 saturated heterocycles. The van der Waals surface area contributed by atoms with E-state index in [0.717, 1.165) is 0 Å². The number of nitro benzene ring substituents is 1. The molecular formula is C17H17N5O4. The highest BCUT2D eigenvalue weighted by atomic mass is 16.6. The molecule has 2 rings (SSSR count). The van der Waals surface area contributed by atoms with E-state index in [2.05, 4.69) is 20.8 Å². The van der Waals surface area contributed by atoms with Gasteiger partial charge in [-0.25, -0.2) is 5.43 Å². The van der Waals surface area contributed by atoms with Gasteiger partial charge in [0.1, 0.15) is 0 Å². The Morgan fingerprint density at radius 3 is 2.73 bits per heavy atom. The van der Waals surface area contributed by atoms with Gasteiger partial charge in [0.15, 0.2) is 0 Å². The highest BCUT2D eigenvalue weighted by Gasteiger charge is 2.12. The monoisotopic (exact) mass is 355 g/mol. The van der Waals surface area contributed by atoms with Crippen LogP contribution in [-0.2, 0) is 4.79 Å². The molecule has 0 saturated carbocycles. The van der Waals surface area contributed by atoms with Crippen molar-refractivity contribution in [3.05, 3.63) is 64.0 Å². The lowest BCUT2D eigenvalue weighted by Gasteiger charge is -2.08. The average Bonchev–Trinajstić information content (AvgIpc) is 2.62. The van der Waals surface area contributed by atoms with Crippen molar-refractivity contribution in [3.63, 3.8) is 0 Å². The van der Waals surface area contributed by atoms with E-state index in [4.69, 9.17) is 0 Å². The molecule has 134 valence electrons. The smallest absolute Gasteiger partial charge is 0.272 e. The molecule has 26 heavy (non-hydrogen) atoms. The Balaban J connectivity index is 1.96. The van der Waals surface area contributed by atoms with Gasteiger partial charge in [-0.15, -0.1) is 0 Å². The summed E-state index contributed by atoms with van der Waals surface area (Å²) in [6, 6.07) is 7.43. The molecule has 1 aromatic carbocycles. The molecule has 9 nitrogen and oxygen atoms in total. The van der Waals surface area contributed by atoms with Crippen molar-refractivity contribution >= 4 is 28.9 Å². The molecule has 0 aliphatic carbocycles. The summed E-state index contributed by atoms with van der Waals surface area (Å²) in [6.07, 6.45) is 2.87. The van der Waals surface area contributed by atoms with Crippen LogP contribution < -0.4 is 10.7 Å². The number of hydrogen-bond donors (Lipinski definition) is 2. The molecular weight excluding hydrogens is 338 g/mol. The summed E-state index contributed by atoms with van der Waals surface area (Å²) in [4.78, 5) is 38.1. The normalized spacial score (nSPS) is 10.9. The molecule has 1 aromatic heterocycles. The quantitative estimate of drug-likeness (QED) is 0.467. The Bertz CT molecular complexity index is 865. The molecule has 2 aromatic rings. The minimum absolute atomic E-state index is 0.0740. The molecule has 0 fully saturated rings. The van der Waals surface area contributed by atoms with E-state index in [1.54, 1.807) is 38.2 Å². The maximum absolute atomic E-state index is 12.1. The van der Waals surface area contributed by atoms with E-state index >= 15 is 0 Å². The van der Waals surface area contributed by atoms with E-state index in [1.807, 2.05) is 0 Å². The Morgan fingerprint density at radius 1 is 1.31 bits per heavy atom. The zero-order chi connectivity index (χ0) is 19.1. The van der Waals surface area contributed by atoms with E-state index in [9.17, 15) is 19.7 Å². The van der Waals surface area contributed by atoms with E-state index in [-0.39, 0.29) is 12.1 Å².